The van der Waals surface area contributed by atoms with Crippen molar-refractivity contribution in [2.24, 2.45) is 0 Å². The molecule has 1 N–H and O–H groups in total. The van der Waals surface area contributed by atoms with Gasteiger partial charge in [0.05, 0.1) is 13.1 Å². The Hall–Kier alpha value is -0.270. The molecule has 5 nitrogen and oxygen atoms in total. The van der Waals surface area contributed by atoms with Gasteiger partial charge in [0.15, 0.2) is 5.82 Å². The normalized spacial score (nSPS) is 21.2. The maximum absolute atomic E-state index is 4.11. The highest BCUT2D eigenvalue weighted by Crippen LogP contribution is 2.25. The van der Waals surface area contributed by atoms with Crippen LogP contribution in [0.4, 0.5) is 0 Å². The number of nitrogens with one attached hydrogen (secondary N) is 1. The van der Waals surface area contributed by atoms with Crippen molar-refractivity contribution in [1.82, 2.24) is 25.5 Å². The lowest BCUT2D eigenvalue weighted by atomic mass is 10.1. The van der Waals surface area contributed by atoms with E-state index >= 15 is 0 Å². The fourth-order valence-corrected chi connectivity index (χ4v) is 4.32. The molecule has 1 aliphatic heterocycles. The van der Waals surface area contributed by atoms with Crippen LogP contribution in [0.15, 0.2) is 0 Å². The van der Waals surface area contributed by atoms with Gasteiger partial charge in [-0.1, -0.05) is 0 Å². The fourth-order valence-electron chi connectivity index (χ4n) is 1.67. The van der Waals surface area contributed by atoms with Gasteiger partial charge < -0.3 is 5.32 Å². The van der Waals surface area contributed by atoms with Gasteiger partial charge in [0.2, 0.25) is 0 Å². The van der Waals surface area contributed by atoms with Crippen LogP contribution >= 0.6 is 23.5 Å². The zero-order chi connectivity index (χ0) is 13.0. The van der Waals surface area contributed by atoms with Gasteiger partial charge in [0.1, 0.15) is 0 Å². The molecule has 7 heteroatoms. The Morgan fingerprint density at radius 2 is 2.22 bits per heavy atom. The summed E-state index contributed by atoms with van der Waals surface area (Å²) in [5, 5.41) is 16.1. The average molecular weight is 287 g/mol. The number of hydrogen-bond acceptors (Lipinski definition) is 6. The van der Waals surface area contributed by atoms with Crippen LogP contribution < -0.4 is 5.32 Å². The smallest absolute Gasteiger partial charge is 0.165 e. The highest BCUT2D eigenvalue weighted by molar-refractivity contribution is 8.06. The van der Waals surface area contributed by atoms with Crippen molar-refractivity contribution in [3.05, 3.63) is 5.82 Å². The summed E-state index contributed by atoms with van der Waals surface area (Å²) >= 11 is 4.07. The second-order valence-corrected chi connectivity index (χ2v) is 8.01. The Morgan fingerprint density at radius 3 is 2.89 bits per heavy atom. The Kier molecular flexibility index (Phi) is 4.91. The van der Waals surface area contributed by atoms with Crippen LogP contribution in [-0.2, 0) is 13.1 Å². The number of tetrazole rings is 1. The molecule has 1 aromatic heterocycles. The molecule has 1 atom stereocenters. The first-order chi connectivity index (χ1) is 8.54. The van der Waals surface area contributed by atoms with E-state index in [1.54, 1.807) is 0 Å². The van der Waals surface area contributed by atoms with Gasteiger partial charge in [0, 0.05) is 28.0 Å². The fraction of sp³-hybridized carbons (Fsp3) is 0.909. The van der Waals surface area contributed by atoms with E-state index in [0.717, 1.165) is 18.9 Å². The Labute approximate surface area is 117 Å². The maximum atomic E-state index is 4.11. The second-order valence-electron chi connectivity index (χ2n) is 5.45. The van der Waals surface area contributed by atoms with E-state index < -0.39 is 0 Å². The second kappa shape index (κ2) is 6.25. The highest BCUT2D eigenvalue weighted by atomic mass is 32.2. The van der Waals surface area contributed by atoms with Crippen LogP contribution in [-0.4, -0.2) is 48.3 Å². The molecule has 2 heterocycles. The molecule has 1 fully saturated rings. The SMILES string of the molecule is CC(C)(C)NCc1nnnn1CC1CSCCS1. The van der Waals surface area contributed by atoms with Crippen molar-refractivity contribution in [3.63, 3.8) is 0 Å². The van der Waals surface area contributed by atoms with Crippen molar-refractivity contribution in [3.8, 4) is 0 Å². The molecule has 1 saturated heterocycles. The van der Waals surface area contributed by atoms with Crippen LogP contribution in [0.5, 0.6) is 0 Å². The lowest BCUT2D eigenvalue weighted by Crippen LogP contribution is -2.36. The minimum absolute atomic E-state index is 0.0895. The number of nitrogens with zero attached hydrogens (tertiary/aromatic N) is 4. The minimum Gasteiger partial charge on any atom is -0.305 e. The topological polar surface area (TPSA) is 55.6 Å². The van der Waals surface area contributed by atoms with Crippen LogP contribution in [0.3, 0.4) is 0 Å². The van der Waals surface area contributed by atoms with Crippen LogP contribution in [0, 0.1) is 0 Å². The van der Waals surface area contributed by atoms with E-state index in [9.17, 15) is 0 Å². The van der Waals surface area contributed by atoms with Gasteiger partial charge in [-0.2, -0.15) is 23.5 Å². The standard InChI is InChI=1S/C11H21N5S2/c1-11(2,3)12-6-10-13-14-15-16(10)7-9-8-17-4-5-18-9/h9,12H,4-8H2,1-3H3. The number of aromatic nitrogens is 4. The summed E-state index contributed by atoms with van der Waals surface area (Å²) in [6, 6.07) is 0. The molecule has 0 aliphatic carbocycles. The quantitative estimate of drug-likeness (QED) is 0.903. The molecule has 1 unspecified atom stereocenters. The predicted molar refractivity (Wildman–Crippen MR) is 78.0 cm³/mol. The summed E-state index contributed by atoms with van der Waals surface area (Å²) in [5.74, 6) is 4.65. The third kappa shape index (κ3) is 4.44. The van der Waals surface area contributed by atoms with Gasteiger partial charge in [-0.05, 0) is 31.2 Å². The third-order valence-corrected chi connectivity index (χ3v) is 5.47. The molecule has 0 amide bonds. The van der Waals surface area contributed by atoms with Crippen molar-refractivity contribution in [2.75, 3.05) is 17.3 Å². The Balaban J connectivity index is 1.90. The molecule has 1 aliphatic rings. The van der Waals surface area contributed by atoms with Crippen LogP contribution in [0.25, 0.3) is 0 Å². The van der Waals surface area contributed by atoms with Crippen molar-refractivity contribution in [1.29, 1.82) is 0 Å². The van der Waals surface area contributed by atoms with Gasteiger partial charge >= 0.3 is 0 Å². The Morgan fingerprint density at radius 1 is 1.39 bits per heavy atom. The molecular weight excluding hydrogens is 266 g/mol. The number of rotatable bonds is 4. The molecule has 0 aromatic carbocycles. The monoisotopic (exact) mass is 287 g/mol. The van der Waals surface area contributed by atoms with E-state index in [4.69, 9.17) is 0 Å². The largest absolute Gasteiger partial charge is 0.305 e. The molecule has 1 aromatic rings. The number of hydrogen-bond donors (Lipinski definition) is 1. The predicted octanol–water partition coefficient (Wildman–Crippen LogP) is 1.41. The first-order valence-electron chi connectivity index (χ1n) is 6.24. The first-order valence-corrected chi connectivity index (χ1v) is 8.44. The summed E-state index contributed by atoms with van der Waals surface area (Å²) in [6.07, 6.45) is 0. The summed E-state index contributed by atoms with van der Waals surface area (Å²) in [4.78, 5) is 0. The summed E-state index contributed by atoms with van der Waals surface area (Å²) < 4.78 is 1.95. The molecule has 0 spiro atoms. The molecule has 0 radical (unpaired) electrons. The van der Waals surface area contributed by atoms with Crippen LogP contribution in [0.2, 0.25) is 0 Å². The number of thioether (sulfide) groups is 2. The molecule has 102 valence electrons. The summed E-state index contributed by atoms with van der Waals surface area (Å²) in [7, 11) is 0. The minimum atomic E-state index is 0.0895. The summed E-state index contributed by atoms with van der Waals surface area (Å²) in [6.45, 7) is 8.09. The van der Waals surface area contributed by atoms with E-state index in [1.165, 1.54) is 17.3 Å². The van der Waals surface area contributed by atoms with Crippen LogP contribution in [0.1, 0.15) is 26.6 Å². The molecular formula is C11H21N5S2. The summed E-state index contributed by atoms with van der Waals surface area (Å²) in [5.41, 5.74) is 0.0895. The average Bonchev–Trinajstić information content (AvgIpc) is 2.74. The van der Waals surface area contributed by atoms with Gasteiger partial charge in [-0.15, -0.1) is 5.10 Å². The highest BCUT2D eigenvalue weighted by Gasteiger charge is 2.18. The third-order valence-electron chi connectivity index (χ3n) is 2.64. The van der Waals surface area contributed by atoms with Gasteiger partial charge in [0.25, 0.3) is 0 Å². The van der Waals surface area contributed by atoms with Gasteiger partial charge in [-0.25, -0.2) is 4.68 Å². The van der Waals surface area contributed by atoms with Crippen molar-refractivity contribution < 1.29 is 0 Å². The molecule has 0 saturated carbocycles. The lowest BCUT2D eigenvalue weighted by Gasteiger charge is -2.22. The van der Waals surface area contributed by atoms with E-state index in [1.807, 2.05) is 28.2 Å². The van der Waals surface area contributed by atoms with E-state index in [2.05, 4.69) is 41.6 Å². The molecule has 18 heavy (non-hydrogen) atoms. The van der Waals surface area contributed by atoms with Crippen molar-refractivity contribution >= 4 is 23.5 Å². The zero-order valence-corrected chi connectivity index (χ0v) is 12.9. The van der Waals surface area contributed by atoms with Crippen molar-refractivity contribution in [2.45, 2.75) is 44.6 Å². The van der Waals surface area contributed by atoms with E-state index in [-0.39, 0.29) is 5.54 Å². The molecule has 0 bridgehead atoms. The maximum Gasteiger partial charge on any atom is 0.165 e. The van der Waals surface area contributed by atoms with Gasteiger partial charge in [-0.3, -0.25) is 0 Å². The Bertz CT molecular complexity index is 368. The first kappa shape index (κ1) is 14.1. The molecule has 2 rings (SSSR count). The zero-order valence-electron chi connectivity index (χ0n) is 11.2. The lowest BCUT2D eigenvalue weighted by molar-refractivity contribution is 0.407. The van der Waals surface area contributed by atoms with E-state index in [0.29, 0.717) is 5.25 Å².